The molecule has 2 heteroatoms. The van der Waals surface area contributed by atoms with E-state index in [-0.39, 0.29) is 0 Å². The van der Waals surface area contributed by atoms with Crippen LogP contribution in [0, 0.1) is 17.4 Å². The molecule has 26 heavy (non-hydrogen) atoms. The fourth-order valence-electron chi connectivity index (χ4n) is 3.63. The van der Waals surface area contributed by atoms with E-state index in [1.54, 1.807) is 0 Å². The van der Waals surface area contributed by atoms with Crippen LogP contribution in [0.25, 0.3) is 0 Å². The second-order valence-corrected chi connectivity index (χ2v) is 13.0. The minimum Gasteiger partial charge on any atom is -0.457 e. The van der Waals surface area contributed by atoms with Crippen LogP contribution in [0.3, 0.4) is 0 Å². The van der Waals surface area contributed by atoms with Crippen LogP contribution >= 0.6 is 0 Å². The van der Waals surface area contributed by atoms with Gasteiger partial charge in [-0.3, -0.25) is 0 Å². The van der Waals surface area contributed by atoms with Gasteiger partial charge in [0.15, 0.2) is 0 Å². The Morgan fingerprint density at radius 2 is 1.50 bits per heavy atom. The standard InChI is InChI=1S/C24H30OSi/c1-5-6-7-12-19(17-18-26(2,3)4)24-20-13-8-10-15-22(20)25-23-16-11-9-14-21(23)24/h8-11,13-16,19,24H,5-7,12H2,1-4H3. The molecule has 0 aliphatic carbocycles. The first-order valence-electron chi connectivity index (χ1n) is 9.88. The van der Waals surface area contributed by atoms with Gasteiger partial charge in [-0.15, -0.1) is 11.5 Å². The summed E-state index contributed by atoms with van der Waals surface area (Å²) < 4.78 is 6.19. The Labute approximate surface area is 159 Å². The monoisotopic (exact) mass is 362 g/mol. The van der Waals surface area contributed by atoms with Crippen LogP contribution in [-0.4, -0.2) is 8.07 Å². The number of rotatable bonds is 5. The van der Waals surface area contributed by atoms with E-state index < -0.39 is 8.07 Å². The van der Waals surface area contributed by atoms with Gasteiger partial charge < -0.3 is 4.74 Å². The van der Waals surface area contributed by atoms with Gasteiger partial charge in [0.05, 0.1) is 0 Å². The highest BCUT2D eigenvalue weighted by Gasteiger charge is 2.32. The van der Waals surface area contributed by atoms with Gasteiger partial charge in [0.1, 0.15) is 19.6 Å². The maximum Gasteiger partial charge on any atom is 0.131 e. The van der Waals surface area contributed by atoms with Crippen LogP contribution in [-0.2, 0) is 0 Å². The molecule has 0 radical (unpaired) electrons. The first-order valence-corrected chi connectivity index (χ1v) is 13.4. The maximum absolute atomic E-state index is 6.19. The van der Waals surface area contributed by atoms with E-state index >= 15 is 0 Å². The molecule has 0 aromatic heterocycles. The summed E-state index contributed by atoms with van der Waals surface area (Å²) in [6.45, 7) is 9.25. The molecule has 3 rings (SSSR count). The summed E-state index contributed by atoms with van der Waals surface area (Å²) in [7, 11) is -1.41. The van der Waals surface area contributed by atoms with Crippen LogP contribution < -0.4 is 4.74 Å². The summed E-state index contributed by atoms with van der Waals surface area (Å²) in [6, 6.07) is 17.0. The smallest absolute Gasteiger partial charge is 0.131 e. The Hall–Kier alpha value is -1.98. The molecule has 1 aliphatic rings. The lowest BCUT2D eigenvalue weighted by molar-refractivity contribution is 0.413. The average molecular weight is 363 g/mol. The molecule has 1 heterocycles. The molecular weight excluding hydrogens is 332 g/mol. The molecule has 1 nitrogen and oxygen atoms in total. The lowest BCUT2D eigenvalue weighted by Gasteiger charge is -2.32. The lowest BCUT2D eigenvalue weighted by atomic mass is 9.77. The van der Waals surface area contributed by atoms with Crippen molar-refractivity contribution < 1.29 is 4.74 Å². The molecule has 1 unspecified atom stereocenters. The molecule has 1 aliphatic heterocycles. The van der Waals surface area contributed by atoms with Gasteiger partial charge in [-0.2, -0.15) is 0 Å². The number of hydrogen-bond acceptors (Lipinski definition) is 1. The number of hydrogen-bond donors (Lipinski definition) is 0. The van der Waals surface area contributed by atoms with E-state index in [1.807, 2.05) is 0 Å². The van der Waals surface area contributed by atoms with Gasteiger partial charge in [-0.05, 0) is 18.6 Å². The number of fused-ring (bicyclic) bond motifs is 2. The van der Waals surface area contributed by atoms with Crippen LogP contribution in [0.15, 0.2) is 48.5 Å². The summed E-state index contributed by atoms with van der Waals surface area (Å²) in [4.78, 5) is 0. The highest BCUT2D eigenvalue weighted by molar-refractivity contribution is 6.83. The second kappa shape index (κ2) is 8.14. The van der Waals surface area contributed by atoms with Gasteiger partial charge in [-0.1, -0.05) is 82.2 Å². The Morgan fingerprint density at radius 1 is 0.923 bits per heavy atom. The zero-order valence-corrected chi connectivity index (χ0v) is 17.5. The first-order chi connectivity index (χ1) is 12.5. The number of benzene rings is 2. The fourth-order valence-corrected chi connectivity index (χ4v) is 4.24. The van der Waals surface area contributed by atoms with Crippen molar-refractivity contribution in [2.45, 2.75) is 58.2 Å². The molecular formula is C24H30OSi. The number of unbranched alkanes of at least 4 members (excludes halogenated alkanes) is 2. The molecule has 2 aromatic carbocycles. The molecule has 0 bridgehead atoms. The summed E-state index contributed by atoms with van der Waals surface area (Å²) >= 11 is 0. The predicted molar refractivity (Wildman–Crippen MR) is 114 cm³/mol. The maximum atomic E-state index is 6.19. The van der Waals surface area contributed by atoms with Gasteiger partial charge in [0.2, 0.25) is 0 Å². The van der Waals surface area contributed by atoms with Crippen molar-refractivity contribution >= 4 is 8.07 Å². The van der Waals surface area contributed by atoms with E-state index in [9.17, 15) is 0 Å². The summed E-state index contributed by atoms with van der Waals surface area (Å²) in [6.07, 6.45) is 4.91. The normalized spacial score (nSPS) is 14.5. The molecule has 0 saturated carbocycles. The Morgan fingerprint density at radius 3 is 2.04 bits per heavy atom. The molecule has 0 saturated heterocycles. The van der Waals surface area contributed by atoms with Crippen LogP contribution in [0.4, 0.5) is 0 Å². The highest BCUT2D eigenvalue weighted by Crippen LogP contribution is 2.48. The van der Waals surface area contributed by atoms with E-state index in [4.69, 9.17) is 4.74 Å². The summed E-state index contributed by atoms with van der Waals surface area (Å²) in [5, 5.41) is 0. The van der Waals surface area contributed by atoms with Gasteiger partial charge in [0.25, 0.3) is 0 Å². The Balaban J connectivity index is 2.05. The SMILES string of the molecule is CCCCCC(C#C[Si](C)(C)C)C1c2ccccc2Oc2ccccc21. The third-order valence-corrected chi connectivity index (χ3v) is 5.78. The minimum atomic E-state index is -1.41. The van der Waals surface area contributed by atoms with E-state index in [0.717, 1.165) is 17.9 Å². The average Bonchev–Trinajstić information content (AvgIpc) is 2.62. The summed E-state index contributed by atoms with van der Waals surface area (Å²) in [5.74, 6) is 6.36. The quantitative estimate of drug-likeness (QED) is 0.316. The van der Waals surface area contributed by atoms with Crippen LogP contribution in [0.1, 0.15) is 49.7 Å². The molecule has 1 atom stereocenters. The number of ether oxygens (including phenoxy) is 1. The van der Waals surface area contributed by atoms with Crippen molar-refractivity contribution in [2.75, 3.05) is 0 Å². The Bertz CT molecular complexity index is 761. The predicted octanol–water partition coefficient (Wildman–Crippen LogP) is 7.00. The zero-order chi connectivity index (χ0) is 18.6. The van der Waals surface area contributed by atoms with Crippen molar-refractivity contribution in [1.29, 1.82) is 0 Å². The Kier molecular flexibility index (Phi) is 5.89. The molecule has 0 N–H and O–H groups in total. The molecule has 2 aromatic rings. The topological polar surface area (TPSA) is 9.23 Å². The van der Waals surface area contributed by atoms with E-state index in [0.29, 0.717) is 11.8 Å². The third kappa shape index (κ3) is 4.40. The molecule has 0 amide bonds. The molecule has 0 spiro atoms. The summed E-state index contributed by atoms with van der Waals surface area (Å²) in [5.41, 5.74) is 6.23. The van der Waals surface area contributed by atoms with Crippen molar-refractivity contribution in [3.05, 3.63) is 59.7 Å². The van der Waals surface area contributed by atoms with Gasteiger partial charge >= 0.3 is 0 Å². The van der Waals surface area contributed by atoms with Crippen molar-refractivity contribution in [1.82, 2.24) is 0 Å². The van der Waals surface area contributed by atoms with Crippen LogP contribution in [0.2, 0.25) is 19.6 Å². The second-order valence-electron chi connectivity index (χ2n) is 8.28. The first kappa shape index (κ1) is 18.8. The lowest BCUT2D eigenvalue weighted by Crippen LogP contribution is -2.21. The largest absolute Gasteiger partial charge is 0.457 e. The van der Waals surface area contributed by atoms with Gasteiger partial charge in [0, 0.05) is 23.0 Å². The number of para-hydroxylation sites is 2. The van der Waals surface area contributed by atoms with Crippen molar-refractivity contribution in [3.63, 3.8) is 0 Å². The van der Waals surface area contributed by atoms with E-state index in [2.05, 4.69) is 86.6 Å². The van der Waals surface area contributed by atoms with Gasteiger partial charge in [-0.25, -0.2) is 0 Å². The molecule has 0 fully saturated rings. The van der Waals surface area contributed by atoms with Crippen molar-refractivity contribution in [3.8, 4) is 23.0 Å². The highest BCUT2D eigenvalue weighted by atomic mass is 28.3. The third-order valence-electron chi connectivity index (χ3n) is 4.88. The van der Waals surface area contributed by atoms with E-state index in [1.165, 1.54) is 30.4 Å². The van der Waals surface area contributed by atoms with Crippen molar-refractivity contribution in [2.24, 2.45) is 5.92 Å². The van der Waals surface area contributed by atoms with Crippen LogP contribution in [0.5, 0.6) is 11.5 Å². The zero-order valence-electron chi connectivity index (χ0n) is 16.5. The fraction of sp³-hybridized carbons (Fsp3) is 0.417. The minimum absolute atomic E-state index is 0.303. The molecule has 136 valence electrons.